The van der Waals surface area contributed by atoms with E-state index >= 15 is 0 Å². The number of furan rings is 1. The van der Waals surface area contributed by atoms with Gasteiger partial charge in [-0.3, -0.25) is 0 Å². The van der Waals surface area contributed by atoms with Gasteiger partial charge >= 0.3 is 0 Å². The van der Waals surface area contributed by atoms with Gasteiger partial charge in [0.25, 0.3) is 0 Å². The number of nitrogen functional groups attached to an aromatic ring is 1. The molecule has 5 heteroatoms. The molecule has 0 amide bonds. The van der Waals surface area contributed by atoms with Gasteiger partial charge in [-0.15, -0.1) is 0 Å². The van der Waals surface area contributed by atoms with Gasteiger partial charge in [0.05, 0.1) is 17.8 Å². The van der Waals surface area contributed by atoms with E-state index in [-0.39, 0.29) is 0 Å². The van der Waals surface area contributed by atoms with Crippen molar-refractivity contribution in [1.82, 2.24) is 15.2 Å². The monoisotopic (exact) mass is 186 g/mol. The van der Waals surface area contributed by atoms with E-state index in [4.69, 9.17) is 10.2 Å². The highest BCUT2D eigenvalue weighted by Crippen LogP contribution is 2.26. The minimum atomic E-state index is 0.442. The first-order valence-corrected chi connectivity index (χ1v) is 4.10. The average molecular weight is 186 g/mol. The molecule has 0 spiro atoms. The molecule has 0 saturated carbocycles. The standard InChI is InChI=1S/C9H6N4O/c10-8-2-1-5-6-3-11-12-4-7(6)14-9(5)13-8/h1-4H,(H2,10,13). The summed E-state index contributed by atoms with van der Waals surface area (Å²) in [5.41, 5.74) is 6.74. The van der Waals surface area contributed by atoms with Crippen LogP contribution in [0.1, 0.15) is 0 Å². The van der Waals surface area contributed by atoms with Crippen LogP contribution in [0.15, 0.2) is 28.9 Å². The van der Waals surface area contributed by atoms with Gasteiger partial charge in [0.2, 0.25) is 5.71 Å². The number of fused-ring (bicyclic) bond motifs is 3. The molecule has 0 bridgehead atoms. The zero-order chi connectivity index (χ0) is 9.54. The Hall–Kier alpha value is -2.17. The van der Waals surface area contributed by atoms with E-state index < -0.39 is 0 Å². The lowest BCUT2D eigenvalue weighted by Gasteiger charge is -1.89. The molecule has 3 aromatic rings. The molecule has 68 valence electrons. The molecule has 3 aromatic heterocycles. The molecule has 0 radical (unpaired) electrons. The number of hydrogen-bond donors (Lipinski definition) is 1. The highest BCUT2D eigenvalue weighted by molar-refractivity contribution is 6.02. The summed E-state index contributed by atoms with van der Waals surface area (Å²) < 4.78 is 5.44. The molecular weight excluding hydrogens is 180 g/mol. The molecule has 0 atom stereocenters. The zero-order valence-electron chi connectivity index (χ0n) is 7.14. The highest BCUT2D eigenvalue weighted by atomic mass is 16.3. The third-order valence-corrected chi connectivity index (χ3v) is 2.07. The first-order chi connectivity index (χ1) is 6.84. The third kappa shape index (κ3) is 0.861. The second-order valence-corrected chi connectivity index (χ2v) is 2.96. The van der Waals surface area contributed by atoms with Crippen molar-refractivity contribution in [2.45, 2.75) is 0 Å². The normalized spacial score (nSPS) is 11.1. The van der Waals surface area contributed by atoms with Crippen molar-refractivity contribution in [3.8, 4) is 0 Å². The van der Waals surface area contributed by atoms with Crippen LogP contribution in [0.2, 0.25) is 0 Å². The lowest BCUT2D eigenvalue weighted by molar-refractivity contribution is 0.651. The summed E-state index contributed by atoms with van der Waals surface area (Å²) in [4.78, 5) is 4.07. The minimum Gasteiger partial charge on any atom is -0.436 e. The molecule has 0 aliphatic heterocycles. The molecule has 5 nitrogen and oxygen atoms in total. The smallest absolute Gasteiger partial charge is 0.229 e. The Morgan fingerprint density at radius 1 is 1.07 bits per heavy atom. The molecule has 0 fully saturated rings. The predicted molar refractivity (Wildman–Crippen MR) is 51.5 cm³/mol. The van der Waals surface area contributed by atoms with Gasteiger partial charge < -0.3 is 10.2 Å². The van der Waals surface area contributed by atoms with Crippen LogP contribution >= 0.6 is 0 Å². The number of anilines is 1. The molecule has 0 aromatic carbocycles. The first-order valence-electron chi connectivity index (χ1n) is 4.10. The third-order valence-electron chi connectivity index (χ3n) is 2.07. The lowest BCUT2D eigenvalue weighted by atomic mass is 10.2. The van der Waals surface area contributed by atoms with Crippen molar-refractivity contribution >= 4 is 27.9 Å². The summed E-state index contributed by atoms with van der Waals surface area (Å²) in [6.45, 7) is 0. The Kier molecular flexibility index (Phi) is 1.25. The van der Waals surface area contributed by atoms with E-state index in [1.807, 2.05) is 6.07 Å². The lowest BCUT2D eigenvalue weighted by Crippen LogP contribution is -1.87. The Bertz CT molecular complexity index is 616. The minimum absolute atomic E-state index is 0.442. The van der Waals surface area contributed by atoms with Crippen LogP contribution in [-0.2, 0) is 0 Å². The summed E-state index contributed by atoms with van der Waals surface area (Å²) in [5.74, 6) is 0.442. The fraction of sp³-hybridized carbons (Fsp3) is 0. The summed E-state index contributed by atoms with van der Waals surface area (Å²) in [5, 5.41) is 9.33. The Morgan fingerprint density at radius 3 is 2.86 bits per heavy atom. The van der Waals surface area contributed by atoms with Gasteiger partial charge in [0.1, 0.15) is 5.82 Å². The van der Waals surface area contributed by atoms with Gasteiger partial charge in [0.15, 0.2) is 5.58 Å². The summed E-state index contributed by atoms with van der Waals surface area (Å²) in [6, 6.07) is 3.60. The number of hydrogen-bond acceptors (Lipinski definition) is 5. The van der Waals surface area contributed by atoms with Crippen molar-refractivity contribution in [3.63, 3.8) is 0 Å². The zero-order valence-corrected chi connectivity index (χ0v) is 7.14. The Morgan fingerprint density at radius 2 is 1.93 bits per heavy atom. The first kappa shape index (κ1) is 7.25. The second-order valence-electron chi connectivity index (χ2n) is 2.96. The number of aromatic nitrogens is 3. The second kappa shape index (κ2) is 2.41. The average Bonchev–Trinajstić information content (AvgIpc) is 2.54. The van der Waals surface area contributed by atoms with E-state index in [0.29, 0.717) is 17.1 Å². The SMILES string of the molecule is Nc1ccc2c(n1)oc1cnncc12. The van der Waals surface area contributed by atoms with Crippen LogP contribution in [-0.4, -0.2) is 15.2 Å². The van der Waals surface area contributed by atoms with Gasteiger partial charge in [-0.1, -0.05) is 0 Å². The van der Waals surface area contributed by atoms with Gasteiger partial charge in [0, 0.05) is 5.39 Å². The van der Waals surface area contributed by atoms with Crippen molar-refractivity contribution in [3.05, 3.63) is 24.5 Å². The van der Waals surface area contributed by atoms with Crippen molar-refractivity contribution in [2.24, 2.45) is 0 Å². The molecular formula is C9H6N4O. The summed E-state index contributed by atoms with van der Waals surface area (Å²) >= 11 is 0. The van der Waals surface area contributed by atoms with Crippen LogP contribution in [0.3, 0.4) is 0 Å². The molecule has 0 unspecified atom stereocenters. The summed E-state index contributed by atoms with van der Waals surface area (Å²) in [7, 11) is 0. The Balaban J connectivity index is 2.57. The maximum Gasteiger partial charge on any atom is 0.229 e. The fourth-order valence-electron chi connectivity index (χ4n) is 1.44. The highest BCUT2D eigenvalue weighted by Gasteiger charge is 2.07. The van der Waals surface area contributed by atoms with Gasteiger partial charge in [-0.05, 0) is 12.1 Å². The van der Waals surface area contributed by atoms with E-state index in [9.17, 15) is 0 Å². The molecule has 3 heterocycles. The summed E-state index contributed by atoms with van der Waals surface area (Å²) in [6.07, 6.45) is 3.21. The molecule has 3 rings (SSSR count). The van der Waals surface area contributed by atoms with Crippen molar-refractivity contribution in [1.29, 1.82) is 0 Å². The molecule has 14 heavy (non-hydrogen) atoms. The van der Waals surface area contributed by atoms with Crippen molar-refractivity contribution in [2.75, 3.05) is 5.73 Å². The Labute approximate surface area is 78.6 Å². The largest absolute Gasteiger partial charge is 0.436 e. The van der Waals surface area contributed by atoms with E-state index in [1.54, 1.807) is 18.5 Å². The number of nitrogens with two attached hydrogens (primary N) is 1. The maximum absolute atomic E-state index is 5.54. The van der Waals surface area contributed by atoms with E-state index in [1.165, 1.54) is 0 Å². The molecule has 0 aliphatic carbocycles. The van der Waals surface area contributed by atoms with Crippen LogP contribution in [0.4, 0.5) is 5.82 Å². The maximum atomic E-state index is 5.54. The number of pyridine rings is 1. The molecule has 0 aliphatic rings. The van der Waals surface area contributed by atoms with Crippen LogP contribution in [0.25, 0.3) is 22.1 Å². The molecule has 0 saturated heterocycles. The van der Waals surface area contributed by atoms with Crippen molar-refractivity contribution < 1.29 is 4.42 Å². The fourth-order valence-corrected chi connectivity index (χ4v) is 1.44. The molecule has 2 N–H and O–H groups in total. The quantitative estimate of drug-likeness (QED) is 0.573. The van der Waals surface area contributed by atoms with E-state index in [2.05, 4.69) is 15.2 Å². The topological polar surface area (TPSA) is 77.8 Å². The van der Waals surface area contributed by atoms with Crippen LogP contribution in [0.5, 0.6) is 0 Å². The van der Waals surface area contributed by atoms with Crippen LogP contribution in [0, 0.1) is 0 Å². The van der Waals surface area contributed by atoms with E-state index in [0.717, 1.165) is 10.8 Å². The van der Waals surface area contributed by atoms with Crippen LogP contribution < -0.4 is 5.73 Å². The number of nitrogens with zero attached hydrogens (tertiary/aromatic N) is 3. The predicted octanol–water partition coefficient (Wildman–Crippen LogP) is 1.35. The number of rotatable bonds is 0. The van der Waals surface area contributed by atoms with Gasteiger partial charge in [-0.25, -0.2) is 0 Å². The van der Waals surface area contributed by atoms with Gasteiger partial charge in [-0.2, -0.15) is 15.2 Å².